The van der Waals surface area contributed by atoms with Crippen LogP contribution in [-0.4, -0.2) is 43.3 Å². The Kier molecular flexibility index (Phi) is 7.38. The number of hydrogen-bond donors (Lipinski definition) is 1. The SMILES string of the molecule is COC(=O)COc1c(C)ccc2c(SCC(O)COc3ccccc3)cccc12. The minimum atomic E-state index is -0.601. The second-order valence-electron chi connectivity index (χ2n) is 6.52. The lowest BCUT2D eigenvalue weighted by molar-refractivity contribution is -0.142. The van der Waals surface area contributed by atoms with Crippen molar-refractivity contribution in [3.05, 3.63) is 66.2 Å². The highest BCUT2D eigenvalue weighted by Gasteiger charge is 2.13. The van der Waals surface area contributed by atoms with E-state index in [1.165, 1.54) is 7.11 Å². The third-order valence-corrected chi connectivity index (χ3v) is 5.57. The first-order valence-corrected chi connectivity index (χ1v) is 10.3. The molecule has 0 aromatic heterocycles. The highest BCUT2D eigenvalue weighted by atomic mass is 32.2. The van der Waals surface area contributed by atoms with Crippen LogP contribution in [0.5, 0.6) is 11.5 Å². The van der Waals surface area contributed by atoms with Crippen LogP contribution in [0.4, 0.5) is 0 Å². The fourth-order valence-electron chi connectivity index (χ4n) is 2.86. The molecule has 0 amide bonds. The van der Waals surface area contributed by atoms with Gasteiger partial charge in [0.15, 0.2) is 6.61 Å². The first-order chi connectivity index (χ1) is 14.1. The van der Waals surface area contributed by atoms with Crippen LogP contribution in [0.3, 0.4) is 0 Å². The van der Waals surface area contributed by atoms with Crippen molar-refractivity contribution < 1.29 is 24.1 Å². The molecule has 1 atom stereocenters. The van der Waals surface area contributed by atoms with Gasteiger partial charge in [0.1, 0.15) is 18.1 Å². The van der Waals surface area contributed by atoms with Crippen LogP contribution in [0.15, 0.2) is 65.6 Å². The molecule has 0 spiro atoms. The minimum Gasteiger partial charge on any atom is -0.491 e. The maximum atomic E-state index is 11.4. The number of carbonyl (C=O) groups excluding carboxylic acids is 1. The van der Waals surface area contributed by atoms with Crippen LogP contribution >= 0.6 is 11.8 Å². The predicted molar refractivity (Wildman–Crippen MR) is 115 cm³/mol. The number of methoxy groups -OCH3 is 1. The Bertz CT molecular complexity index is 958. The molecule has 0 heterocycles. The quantitative estimate of drug-likeness (QED) is 0.419. The number of carbonyl (C=O) groups is 1. The van der Waals surface area contributed by atoms with Gasteiger partial charge in [0, 0.05) is 16.0 Å². The van der Waals surface area contributed by atoms with Crippen LogP contribution < -0.4 is 9.47 Å². The molecule has 0 saturated heterocycles. The van der Waals surface area contributed by atoms with E-state index < -0.39 is 12.1 Å². The van der Waals surface area contributed by atoms with E-state index >= 15 is 0 Å². The molecule has 3 rings (SSSR count). The summed E-state index contributed by atoms with van der Waals surface area (Å²) in [6.07, 6.45) is -0.601. The summed E-state index contributed by atoms with van der Waals surface area (Å²) in [6, 6.07) is 19.4. The van der Waals surface area contributed by atoms with Crippen molar-refractivity contribution in [1.82, 2.24) is 0 Å². The molecular weight excluding hydrogens is 388 g/mol. The summed E-state index contributed by atoms with van der Waals surface area (Å²) in [5.41, 5.74) is 0.944. The number of aryl methyl sites for hydroxylation is 1. The van der Waals surface area contributed by atoms with Gasteiger partial charge in [-0.3, -0.25) is 0 Å². The molecule has 1 N–H and O–H groups in total. The first-order valence-electron chi connectivity index (χ1n) is 9.29. The van der Waals surface area contributed by atoms with E-state index in [4.69, 9.17) is 9.47 Å². The molecule has 0 aliphatic rings. The van der Waals surface area contributed by atoms with Crippen molar-refractivity contribution in [3.8, 4) is 11.5 Å². The van der Waals surface area contributed by atoms with Gasteiger partial charge in [-0.05, 0) is 36.1 Å². The average molecular weight is 413 g/mol. The largest absolute Gasteiger partial charge is 0.491 e. The van der Waals surface area contributed by atoms with E-state index in [0.717, 1.165) is 27.0 Å². The van der Waals surface area contributed by atoms with Crippen molar-refractivity contribution in [3.63, 3.8) is 0 Å². The van der Waals surface area contributed by atoms with E-state index in [0.29, 0.717) is 11.5 Å². The van der Waals surface area contributed by atoms with E-state index in [2.05, 4.69) is 4.74 Å². The zero-order valence-electron chi connectivity index (χ0n) is 16.5. The lowest BCUT2D eigenvalue weighted by Crippen LogP contribution is -2.20. The topological polar surface area (TPSA) is 65.0 Å². The lowest BCUT2D eigenvalue weighted by atomic mass is 10.1. The molecule has 5 nitrogen and oxygen atoms in total. The van der Waals surface area contributed by atoms with Gasteiger partial charge in [0.2, 0.25) is 0 Å². The molecule has 3 aromatic rings. The molecule has 0 radical (unpaired) electrons. The summed E-state index contributed by atoms with van der Waals surface area (Å²) in [5, 5.41) is 12.2. The fraction of sp³-hybridized carbons (Fsp3) is 0.261. The van der Waals surface area contributed by atoms with Crippen LogP contribution in [0, 0.1) is 6.92 Å². The molecule has 0 saturated carbocycles. The maximum Gasteiger partial charge on any atom is 0.343 e. The van der Waals surface area contributed by atoms with E-state index in [1.807, 2.05) is 67.6 Å². The van der Waals surface area contributed by atoms with Gasteiger partial charge in [0.25, 0.3) is 0 Å². The predicted octanol–water partition coefficient (Wildman–Crippen LogP) is 4.23. The Hall–Kier alpha value is -2.70. The Morgan fingerprint density at radius 2 is 1.79 bits per heavy atom. The van der Waals surface area contributed by atoms with Crippen molar-refractivity contribution in [1.29, 1.82) is 0 Å². The Morgan fingerprint density at radius 1 is 1.00 bits per heavy atom. The number of hydrogen-bond acceptors (Lipinski definition) is 6. The number of aliphatic hydroxyl groups excluding tert-OH is 1. The molecule has 29 heavy (non-hydrogen) atoms. The van der Waals surface area contributed by atoms with Crippen LogP contribution in [0.25, 0.3) is 10.8 Å². The number of thioether (sulfide) groups is 1. The van der Waals surface area contributed by atoms with E-state index in [-0.39, 0.29) is 13.2 Å². The molecule has 0 aliphatic carbocycles. The Morgan fingerprint density at radius 3 is 2.55 bits per heavy atom. The van der Waals surface area contributed by atoms with Crippen molar-refractivity contribution in [2.75, 3.05) is 26.1 Å². The minimum absolute atomic E-state index is 0.136. The van der Waals surface area contributed by atoms with Gasteiger partial charge in [-0.1, -0.05) is 42.5 Å². The summed E-state index contributed by atoms with van der Waals surface area (Å²) in [6.45, 7) is 2.04. The van der Waals surface area contributed by atoms with Gasteiger partial charge in [-0.2, -0.15) is 0 Å². The Labute approximate surface area is 174 Å². The second-order valence-corrected chi connectivity index (χ2v) is 7.58. The number of para-hydroxylation sites is 1. The summed E-state index contributed by atoms with van der Waals surface area (Å²) in [4.78, 5) is 12.5. The molecule has 3 aromatic carbocycles. The van der Waals surface area contributed by atoms with Crippen LogP contribution in [0.2, 0.25) is 0 Å². The normalized spacial score (nSPS) is 11.8. The molecule has 6 heteroatoms. The molecular formula is C23H24O5S. The zero-order chi connectivity index (χ0) is 20.6. The highest BCUT2D eigenvalue weighted by Crippen LogP contribution is 2.35. The third-order valence-electron chi connectivity index (χ3n) is 4.35. The van der Waals surface area contributed by atoms with Gasteiger partial charge in [-0.25, -0.2) is 4.79 Å². The number of aliphatic hydroxyl groups is 1. The van der Waals surface area contributed by atoms with E-state index in [1.54, 1.807) is 11.8 Å². The number of benzene rings is 3. The van der Waals surface area contributed by atoms with Crippen LogP contribution in [-0.2, 0) is 9.53 Å². The summed E-state index contributed by atoms with van der Waals surface area (Å²) >= 11 is 1.56. The number of ether oxygens (including phenoxy) is 3. The molecule has 0 fully saturated rings. The van der Waals surface area contributed by atoms with Gasteiger partial charge in [-0.15, -0.1) is 11.8 Å². The lowest BCUT2D eigenvalue weighted by Gasteiger charge is -2.15. The molecule has 0 aliphatic heterocycles. The fourth-order valence-corrected chi connectivity index (χ4v) is 3.84. The van der Waals surface area contributed by atoms with Crippen molar-refractivity contribution >= 4 is 28.5 Å². The molecule has 152 valence electrons. The summed E-state index contributed by atoms with van der Waals surface area (Å²) in [5.74, 6) is 1.49. The second kappa shape index (κ2) is 10.2. The summed E-state index contributed by atoms with van der Waals surface area (Å²) < 4.78 is 16.0. The zero-order valence-corrected chi connectivity index (χ0v) is 17.3. The van der Waals surface area contributed by atoms with Crippen molar-refractivity contribution in [2.24, 2.45) is 0 Å². The highest BCUT2D eigenvalue weighted by molar-refractivity contribution is 7.99. The number of fused-ring (bicyclic) bond motifs is 1. The average Bonchev–Trinajstić information content (AvgIpc) is 2.75. The molecule has 1 unspecified atom stereocenters. The number of rotatable bonds is 9. The van der Waals surface area contributed by atoms with E-state index in [9.17, 15) is 9.90 Å². The van der Waals surface area contributed by atoms with Crippen molar-refractivity contribution in [2.45, 2.75) is 17.9 Å². The molecule has 0 bridgehead atoms. The standard InChI is InChI=1S/C23H24O5S/c1-16-11-12-19-20(23(16)28-14-22(25)26-2)9-6-10-21(19)29-15-17(24)13-27-18-7-4-3-5-8-18/h3-12,17,24H,13-15H2,1-2H3. The third kappa shape index (κ3) is 5.65. The number of esters is 1. The van der Waals surface area contributed by atoms with Gasteiger partial charge in [0.05, 0.1) is 13.2 Å². The smallest absolute Gasteiger partial charge is 0.343 e. The van der Waals surface area contributed by atoms with Gasteiger partial charge >= 0.3 is 5.97 Å². The van der Waals surface area contributed by atoms with Crippen LogP contribution in [0.1, 0.15) is 5.56 Å². The van der Waals surface area contributed by atoms with Gasteiger partial charge < -0.3 is 19.3 Å². The Balaban J connectivity index is 1.68. The monoisotopic (exact) mass is 412 g/mol. The summed E-state index contributed by atoms with van der Waals surface area (Å²) in [7, 11) is 1.34. The first kappa shape index (κ1) is 21.0. The maximum absolute atomic E-state index is 11.4.